The molecule has 112 valence electrons. The Morgan fingerprint density at radius 1 is 1.40 bits per heavy atom. The van der Waals surface area contributed by atoms with Crippen LogP contribution in [0.3, 0.4) is 0 Å². The van der Waals surface area contributed by atoms with Crippen LogP contribution in [-0.4, -0.2) is 18.5 Å². The molecule has 1 fully saturated rings. The summed E-state index contributed by atoms with van der Waals surface area (Å²) < 4.78 is 0. The summed E-state index contributed by atoms with van der Waals surface area (Å²) in [6, 6.07) is 8.64. The smallest absolute Gasteiger partial charge is 0.220 e. The average molecular weight is 297 g/mol. The van der Waals surface area contributed by atoms with E-state index >= 15 is 0 Å². The number of hydrogen-bond donors (Lipinski definition) is 2. The van der Waals surface area contributed by atoms with Crippen molar-refractivity contribution in [2.45, 2.75) is 45.1 Å². The third-order valence-corrected chi connectivity index (χ3v) is 3.98. The number of amides is 1. The van der Waals surface area contributed by atoms with Crippen LogP contribution in [0.15, 0.2) is 24.3 Å². The van der Waals surface area contributed by atoms with Gasteiger partial charge in [0, 0.05) is 19.0 Å². The summed E-state index contributed by atoms with van der Waals surface area (Å²) in [7, 11) is 0. The summed E-state index contributed by atoms with van der Waals surface area (Å²) in [5, 5.41) is 3.00. The van der Waals surface area contributed by atoms with Crippen molar-refractivity contribution >= 4 is 18.3 Å². The van der Waals surface area contributed by atoms with Crippen LogP contribution in [0.2, 0.25) is 0 Å². The molecule has 0 spiro atoms. The zero-order valence-corrected chi connectivity index (χ0v) is 12.9. The van der Waals surface area contributed by atoms with E-state index in [-0.39, 0.29) is 24.4 Å². The van der Waals surface area contributed by atoms with Crippen LogP contribution >= 0.6 is 12.4 Å². The molecule has 0 bridgehead atoms. The standard InChI is InChI=1S/C16H24N2O.ClH/c1-12-4-2-5-13(10-12)8-9-18-16(19)11-14-6-3-7-15(14)17;/h2,4-5,10,14-15H,3,6-9,11,17H2,1H3,(H,18,19);1H/t14-,15+;/m0./s1. The molecule has 0 aromatic heterocycles. The van der Waals surface area contributed by atoms with Crippen molar-refractivity contribution in [3.63, 3.8) is 0 Å². The van der Waals surface area contributed by atoms with Crippen LogP contribution < -0.4 is 11.1 Å². The normalized spacial score (nSPS) is 21.3. The van der Waals surface area contributed by atoms with Gasteiger partial charge in [0.25, 0.3) is 0 Å². The topological polar surface area (TPSA) is 55.1 Å². The Balaban J connectivity index is 0.00000200. The second-order valence-electron chi connectivity index (χ2n) is 5.65. The number of nitrogens with two attached hydrogens (primary N) is 1. The van der Waals surface area contributed by atoms with E-state index in [1.807, 2.05) is 0 Å². The van der Waals surface area contributed by atoms with Gasteiger partial charge in [-0.2, -0.15) is 0 Å². The molecular weight excluding hydrogens is 272 g/mol. The number of carbonyl (C=O) groups is 1. The fourth-order valence-electron chi connectivity index (χ4n) is 2.84. The number of hydrogen-bond acceptors (Lipinski definition) is 2. The van der Waals surface area contributed by atoms with Crippen LogP contribution in [0.5, 0.6) is 0 Å². The first kappa shape index (κ1) is 17.0. The Kier molecular flexibility index (Phi) is 7.03. The van der Waals surface area contributed by atoms with Crippen molar-refractivity contribution < 1.29 is 4.79 Å². The molecule has 4 heteroatoms. The molecule has 3 N–H and O–H groups in total. The van der Waals surface area contributed by atoms with Gasteiger partial charge < -0.3 is 11.1 Å². The highest BCUT2D eigenvalue weighted by Crippen LogP contribution is 2.26. The number of aryl methyl sites for hydroxylation is 1. The molecule has 1 amide bonds. The maximum absolute atomic E-state index is 11.8. The van der Waals surface area contributed by atoms with Crippen molar-refractivity contribution in [1.82, 2.24) is 5.32 Å². The minimum absolute atomic E-state index is 0. The third kappa shape index (κ3) is 5.14. The van der Waals surface area contributed by atoms with E-state index in [9.17, 15) is 4.79 Å². The Morgan fingerprint density at radius 2 is 2.20 bits per heavy atom. The maximum atomic E-state index is 11.8. The van der Waals surface area contributed by atoms with E-state index in [1.165, 1.54) is 17.5 Å². The van der Waals surface area contributed by atoms with Crippen molar-refractivity contribution in [2.24, 2.45) is 11.7 Å². The number of nitrogens with one attached hydrogen (secondary N) is 1. The number of carbonyl (C=O) groups excluding carboxylic acids is 1. The quantitative estimate of drug-likeness (QED) is 0.877. The molecule has 2 rings (SSSR count). The fraction of sp³-hybridized carbons (Fsp3) is 0.562. The lowest BCUT2D eigenvalue weighted by Crippen LogP contribution is -2.32. The number of halogens is 1. The molecule has 1 aliphatic carbocycles. The Morgan fingerprint density at radius 3 is 2.85 bits per heavy atom. The molecule has 1 saturated carbocycles. The number of benzene rings is 1. The zero-order chi connectivity index (χ0) is 13.7. The molecule has 1 aromatic carbocycles. The third-order valence-electron chi connectivity index (χ3n) is 3.98. The Hall–Kier alpha value is -1.06. The van der Waals surface area contributed by atoms with E-state index in [4.69, 9.17) is 5.73 Å². The fourth-order valence-corrected chi connectivity index (χ4v) is 2.84. The summed E-state index contributed by atoms with van der Waals surface area (Å²) >= 11 is 0. The van der Waals surface area contributed by atoms with Gasteiger partial charge in [0.05, 0.1) is 0 Å². The molecule has 20 heavy (non-hydrogen) atoms. The highest BCUT2D eigenvalue weighted by molar-refractivity contribution is 5.85. The molecule has 0 aliphatic heterocycles. The predicted molar refractivity (Wildman–Crippen MR) is 85.1 cm³/mol. The van der Waals surface area contributed by atoms with Gasteiger partial charge in [0.1, 0.15) is 0 Å². The zero-order valence-electron chi connectivity index (χ0n) is 12.1. The summed E-state index contributed by atoms with van der Waals surface area (Å²) in [4.78, 5) is 11.8. The molecule has 3 nitrogen and oxygen atoms in total. The highest BCUT2D eigenvalue weighted by atomic mass is 35.5. The summed E-state index contributed by atoms with van der Waals surface area (Å²) in [6.45, 7) is 2.80. The van der Waals surface area contributed by atoms with Gasteiger partial charge in [-0.1, -0.05) is 36.2 Å². The maximum Gasteiger partial charge on any atom is 0.220 e. The van der Waals surface area contributed by atoms with E-state index in [2.05, 4.69) is 36.5 Å². The monoisotopic (exact) mass is 296 g/mol. The van der Waals surface area contributed by atoms with Gasteiger partial charge in [-0.05, 0) is 37.7 Å². The Bertz CT molecular complexity index is 436. The molecule has 0 unspecified atom stereocenters. The van der Waals surface area contributed by atoms with Gasteiger partial charge >= 0.3 is 0 Å². The number of rotatable bonds is 5. The van der Waals surface area contributed by atoms with Crippen LogP contribution in [0.1, 0.15) is 36.8 Å². The minimum Gasteiger partial charge on any atom is -0.356 e. The largest absolute Gasteiger partial charge is 0.356 e. The van der Waals surface area contributed by atoms with Gasteiger partial charge in [0.2, 0.25) is 5.91 Å². The molecule has 0 heterocycles. The lowest BCUT2D eigenvalue weighted by atomic mass is 10.00. The SMILES string of the molecule is Cc1cccc(CCNC(=O)C[C@@H]2CCC[C@H]2N)c1.Cl. The van der Waals surface area contributed by atoms with Crippen molar-refractivity contribution in [1.29, 1.82) is 0 Å². The van der Waals surface area contributed by atoms with E-state index in [0.717, 1.165) is 19.3 Å². The first-order chi connectivity index (χ1) is 9.15. The molecular formula is C16H25ClN2O. The van der Waals surface area contributed by atoms with Crippen molar-refractivity contribution in [3.8, 4) is 0 Å². The van der Waals surface area contributed by atoms with Crippen molar-refractivity contribution in [3.05, 3.63) is 35.4 Å². The second-order valence-corrected chi connectivity index (χ2v) is 5.65. The summed E-state index contributed by atoms with van der Waals surface area (Å²) in [6.07, 6.45) is 4.83. The van der Waals surface area contributed by atoms with Gasteiger partial charge in [-0.25, -0.2) is 0 Å². The first-order valence-electron chi connectivity index (χ1n) is 7.23. The van der Waals surface area contributed by atoms with Gasteiger partial charge in [-0.3, -0.25) is 4.79 Å². The molecule has 0 saturated heterocycles. The van der Waals surface area contributed by atoms with E-state index < -0.39 is 0 Å². The Labute approximate surface area is 127 Å². The minimum atomic E-state index is 0. The van der Waals surface area contributed by atoms with Gasteiger partial charge in [-0.15, -0.1) is 12.4 Å². The summed E-state index contributed by atoms with van der Waals surface area (Å²) in [5.41, 5.74) is 8.52. The van der Waals surface area contributed by atoms with E-state index in [1.54, 1.807) is 0 Å². The van der Waals surface area contributed by atoms with Crippen LogP contribution in [-0.2, 0) is 11.2 Å². The molecule has 0 radical (unpaired) electrons. The van der Waals surface area contributed by atoms with E-state index in [0.29, 0.717) is 18.9 Å². The van der Waals surface area contributed by atoms with Crippen molar-refractivity contribution in [2.75, 3.05) is 6.54 Å². The molecule has 1 aliphatic rings. The highest BCUT2D eigenvalue weighted by Gasteiger charge is 2.25. The van der Waals surface area contributed by atoms with Crippen LogP contribution in [0.4, 0.5) is 0 Å². The van der Waals surface area contributed by atoms with Crippen LogP contribution in [0, 0.1) is 12.8 Å². The second kappa shape index (κ2) is 8.28. The molecule has 2 atom stereocenters. The lowest BCUT2D eigenvalue weighted by molar-refractivity contribution is -0.122. The lowest BCUT2D eigenvalue weighted by Gasteiger charge is -2.14. The van der Waals surface area contributed by atoms with Gasteiger partial charge in [0.15, 0.2) is 0 Å². The first-order valence-corrected chi connectivity index (χ1v) is 7.23. The average Bonchev–Trinajstić information content (AvgIpc) is 2.75. The predicted octanol–water partition coefficient (Wildman–Crippen LogP) is 2.59. The summed E-state index contributed by atoms with van der Waals surface area (Å²) in [5.74, 6) is 0.536. The van der Waals surface area contributed by atoms with Crippen LogP contribution in [0.25, 0.3) is 0 Å². The molecule has 1 aromatic rings.